The summed E-state index contributed by atoms with van der Waals surface area (Å²) in [6, 6.07) is 19.2. The summed E-state index contributed by atoms with van der Waals surface area (Å²) in [5.41, 5.74) is 2.78. The summed E-state index contributed by atoms with van der Waals surface area (Å²) in [7, 11) is 0. The average molecular weight is 298 g/mol. The van der Waals surface area contributed by atoms with Crippen molar-refractivity contribution in [3.05, 3.63) is 65.7 Å². The highest BCUT2D eigenvalue weighted by atomic mass is 32.2. The largest absolute Gasteiger partial charge is 0.395 e. The van der Waals surface area contributed by atoms with Crippen LogP contribution in [0.5, 0.6) is 0 Å². The molecule has 0 bridgehead atoms. The van der Waals surface area contributed by atoms with Crippen LogP contribution >= 0.6 is 11.8 Å². The lowest BCUT2D eigenvalue weighted by Gasteiger charge is -2.38. The molecule has 1 nitrogen and oxygen atoms in total. The first-order chi connectivity index (χ1) is 10.3. The summed E-state index contributed by atoms with van der Waals surface area (Å²) < 4.78 is 0. The number of aryl methyl sites for hydroxylation is 1. The van der Waals surface area contributed by atoms with Gasteiger partial charge in [0.05, 0.1) is 6.61 Å². The van der Waals surface area contributed by atoms with E-state index in [4.69, 9.17) is 0 Å². The molecule has 0 saturated carbocycles. The number of fused-ring (bicyclic) bond motifs is 1. The number of hydrogen-bond donors (Lipinski definition) is 1. The highest BCUT2D eigenvalue weighted by Crippen LogP contribution is 2.40. The van der Waals surface area contributed by atoms with Crippen LogP contribution in [-0.4, -0.2) is 17.5 Å². The predicted octanol–water partition coefficient (Wildman–Crippen LogP) is 4.44. The van der Waals surface area contributed by atoms with E-state index < -0.39 is 0 Å². The molecule has 1 aliphatic carbocycles. The van der Waals surface area contributed by atoms with Crippen molar-refractivity contribution in [3.8, 4) is 0 Å². The van der Waals surface area contributed by atoms with Crippen LogP contribution in [0, 0.1) is 0 Å². The number of aliphatic hydroxyl groups excluding tert-OH is 1. The zero-order valence-electron chi connectivity index (χ0n) is 12.3. The molecule has 1 atom stereocenters. The third-order valence-electron chi connectivity index (χ3n) is 4.59. The molecule has 1 N–H and O–H groups in total. The Kier molecular flexibility index (Phi) is 4.67. The van der Waals surface area contributed by atoms with Crippen LogP contribution in [0.25, 0.3) is 0 Å². The van der Waals surface area contributed by atoms with Crippen LogP contribution in [0.2, 0.25) is 0 Å². The van der Waals surface area contributed by atoms with E-state index in [-0.39, 0.29) is 12.0 Å². The van der Waals surface area contributed by atoms with Gasteiger partial charge in [-0.1, -0.05) is 42.5 Å². The molecule has 0 saturated heterocycles. The fraction of sp³-hybridized carbons (Fsp3) is 0.368. The lowest BCUT2D eigenvalue weighted by Crippen LogP contribution is -2.35. The van der Waals surface area contributed by atoms with E-state index in [0.29, 0.717) is 0 Å². The third-order valence-corrected chi connectivity index (χ3v) is 5.60. The lowest BCUT2D eigenvalue weighted by atomic mass is 9.69. The first-order valence-electron chi connectivity index (χ1n) is 7.71. The van der Waals surface area contributed by atoms with Crippen LogP contribution < -0.4 is 0 Å². The van der Waals surface area contributed by atoms with Crippen molar-refractivity contribution in [2.45, 2.75) is 36.0 Å². The van der Waals surface area contributed by atoms with Crippen LogP contribution in [0.15, 0.2) is 59.5 Å². The minimum atomic E-state index is -0.0311. The Morgan fingerprint density at radius 3 is 2.57 bits per heavy atom. The van der Waals surface area contributed by atoms with Crippen molar-refractivity contribution < 1.29 is 5.11 Å². The quantitative estimate of drug-likeness (QED) is 0.824. The molecule has 0 radical (unpaired) electrons. The molecule has 1 aliphatic rings. The number of thioether (sulfide) groups is 1. The number of hydrogen-bond acceptors (Lipinski definition) is 2. The van der Waals surface area contributed by atoms with Gasteiger partial charge in [0.25, 0.3) is 0 Å². The number of aliphatic hydroxyl groups is 1. The monoisotopic (exact) mass is 298 g/mol. The second kappa shape index (κ2) is 6.67. The topological polar surface area (TPSA) is 20.2 Å². The van der Waals surface area contributed by atoms with Crippen LogP contribution in [0.4, 0.5) is 0 Å². The van der Waals surface area contributed by atoms with E-state index in [9.17, 15) is 5.11 Å². The second-order valence-electron chi connectivity index (χ2n) is 5.86. The third kappa shape index (κ3) is 3.17. The smallest absolute Gasteiger partial charge is 0.0528 e. The molecule has 21 heavy (non-hydrogen) atoms. The second-order valence-corrected chi connectivity index (χ2v) is 7.03. The normalized spacial score (nSPS) is 21.0. The van der Waals surface area contributed by atoms with Gasteiger partial charge in [-0.25, -0.2) is 0 Å². The Labute approximate surface area is 131 Å². The highest BCUT2D eigenvalue weighted by molar-refractivity contribution is 7.99. The van der Waals surface area contributed by atoms with Crippen molar-refractivity contribution in [1.29, 1.82) is 0 Å². The molecular weight excluding hydrogens is 276 g/mol. The van der Waals surface area contributed by atoms with E-state index in [2.05, 4.69) is 54.6 Å². The van der Waals surface area contributed by atoms with Crippen LogP contribution in [-0.2, 0) is 11.8 Å². The van der Waals surface area contributed by atoms with Crippen molar-refractivity contribution in [2.75, 3.05) is 12.4 Å². The molecule has 0 amide bonds. The zero-order valence-corrected chi connectivity index (χ0v) is 13.1. The molecule has 0 aromatic heterocycles. The van der Waals surface area contributed by atoms with Crippen molar-refractivity contribution in [2.24, 2.45) is 0 Å². The summed E-state index contributed by atoms with van der Waals surface area (Å²) in [6.45, 7) is 0.263. The molecular formula is C19H22OS. The van der Waals surface area contributed by atoms with Gasteiger partial charge in [0.1, 0.15) is 0 Å². The van der Waals surface area contributed by atoms with Crippen molar-refractivity contribution in [1.82, 2.24) is 0 Å². The van der Waals surface area contributed by atoms with Gasteiger partial charge in [-0.05, 0) is 54.7 Å². The van der Waals surface area contributed by atoms with Gasteiger partial charge < -0.3 is 5.11 Å². The maximum Gasteiger partial charge on any atom is 0.0528 e. The van der Waals surface area contributed by atoms with Gasteiger partial charge in [-0.15, -0.1) is 11.8 Å². The molecule has 3 rings (SSSR count). The van der Waals surface area contributed by atoms with Gasteiger partial charge in [0.15, 0.2) is 0 Å². The Morgan fingerprint density at radius 1 is 1.00 bits per heavy atom. The summed E-state index contributed by atoms with van der Waals surface area (Å²) in [4.78, 5) is 1.31. The minimum Gasteiger partial charge on any atom is -0.395 e. The van der Waals surface area contributed by atoms with Crippen molar-refractivity contribution in [3.63, 3.8) is 0 Å². The van der Waals surface area contributed by atoms with Gasteiger partial charge in [0, 0.05) is 10.3 Å². The van der Waals surface area contributed by atoms with Crippen molar-refractivity contribution >= 4 is 11.8 Å². The summed E-state index contributed by atoms with van der Waals surface area (Å²) in [5.74, 6) is 1.05. The molecule has 2 aromatic carbocycles. The molecule has 0 heterocycles. The van der Waals surface area contributed by atoms with E-state index in [0.717, 1.165) is 25.0 Å². The molecule has 0 spiro atoms. The highest BCUT2D eigenvalue weighted by Gasteiger charge is 2.35. The summed E-state index contributed by atoms with van der Waals surface area (Å²) in [6.07, 6.45) is 4.49. The zero-order chi connectivity index (χ0) is 14.5. The Bertz CT molecular complexity index is 581. The van der Waals surface area contributed by atoms with Gasteiger partial charge >= 0.3 is 0 Å². The molecule has 2 heteroatoms. The molecule has 0 fully saturated rings. The maximum absolute atomic E-state index is 10.1. The van der Waals surface area contributed by atoms with Gasteiger partial charge in [-0.2, -0.15) is 0 Å². The fourth-order valence-electron chi connectivity index (χ4n) is 3.39. The Morgan fingerprint density at radius 2 is 1.76 bits per heavy atom. The van der Waals surface area contributed by atoms with E-state index in [1.165, 1.54) is 22.4 Å². The first-order valence-corrected chi connectivity index (χ1v) is 8.70. The molecule has 2 aromatic rings. The van der Waals surface area contributed by atoms with Crippen LogP contribution in [0.3, 0.4) is 0 Å². The maximum atomic E-state index is 10.1. The lowest BCUT2D eigenvalue weighted by molar-refractivity contribution is 0.170. The SMILES string of the molecule is OCC1(CCSc2ccccc2)CCCc2ccccc21. The van der Waals surface area contributed by atoms with E-state index in [1.54, 1.807) is 0 Å². The molecule has 0 aliphatic heterocycles. The molecule has 110 valence electrons. The van der Waals surface area contributed by atoms with E-state index in [1.807, 2.05) is 11.8 Å². The summed E-state index contributed by atoms with van der Waals surface area (Å²) in [5, 5.41) is 10.1. The number of rotatable bonds is 5. The standard InChI is InChI=1S/C19H22OS/c20-15-19(13-14-21-17-9-2-1-3-10-17)12-6-8-16-7-4-5-11-18(16)19/h1-5,7,9-11,20H,6,8,12-15H2. The number of benzene rings is 2. The Balaban J connectivity index is 1.73. The first kappa shape index (κ1) is 14.7. The molecule has 1 unspecified atom stereocenters. The average Bonchev–Trinajstić information content (AvgIpc) is 2.56. The summed E-state index contributed by atoms with van der Waals surface area (Å²) >= 11 is 1.89. The van der Waals surface area contributed by atoms with Gasteiger partial charge in [0.2, 0.25) is 0 Å². The Hall–Kier alpha value is -1.25. The van der Waals surface area contributed by atoms with Gasteiger partial charge in [-0.3, -0.25) is 0 Å². The minimum absolute atomic E-state index is 0.0311. The van der Waals surface area contributed by atoms with Crippen LogP contribution in [0.1, 0.15) is 30.4 Å². The fourth-order valence-corrected chi connectivity index (χ4v) is 4.47. The predicted molar refractivity (Wildman–Crippen MR) is 89.9 cm³/mol. The van der Waals surface area contributed by atoms with E-state index >= 15 is 0 Å².